The Morgan fingerprint density at radius 3 is 2.83 bits per heavy atom. The lowest BCUT2D eigenvalue weighted by atomic mass is 10.0. The van der Waals surface area contributed by atoms with Crippen molar-refractivity contribution in [1.82, 2.24) is 25.3 Å². The van der Waals surface area contributed by atoms with E-state index in [2.05, 4.69) is 25.9 Å². The Kier molecular flexibility index (Phi) is 6.85. The van der Waals surface area contributed by atoms with Crippen molar-refractivity contribution in [3.8, 4) is 17.0 Å². The van der Waals surface area contributed by atoms with Crippen LogP contribution in [0, 0.1) is 0 Å². The topological polar surface area (TPSA) is 151 Å². The molecule has 0 saturated heterocycles. The maximum absolute atomic E-state index is 12.8. The summed E-state index contributed by atoms with van der Waals surface area (Å²) >= 11 is 0. The van der Waals surface area contributed by atoms with Crippen LogP contribution in [-0.2, 0) is 11.8 Å². The number of hydrogen-bond acceptors (Lipinski definition) is 7. The summed E-state index contributed by atoms with van der Waals surface area (Å²) in [7, 11) is 1.65. The Morgan fingerprint density at radius 2 is 2.09 bits per heavy atom. The molecule has 11 heteroatoms. The smallest absolute Gasteiger partial charge is 0.407 e. The number of aromatic hydroxyl groups is 1. The average Bonchev–Trinajstić information content (AvgIpc) is 3.53. The fourth-order valence-corrected chi connectivity index (χ4v) is 4.27. The highest BCUT2D eigenvalue weighted by Crippen LogP contribution is 2.36. The van der Waals surface area contributed by atoms with Crippen LogP contribution in [0.3, 0.4) is 0 Å². The van der Waals surface area contributed by atoms with Gasteiger partial charge in [-0.2, -0.15) is 10.2 Å². The summed E-state index contributed by atoms with van der Waals surface area (Å²) in [5, 5.41) is 26.8. The zero-order valence-corrected chi connectivity index (χ0v) is 19.7. The minimum absolute atomic E-state index is 0.0144. The summed E-state index contributed by atoms with van der Waals surface area (Å²) < 4.78 is 6.95. The van der Waals surface area contributed by atoms with Gasteiger partial charge in [-0.3, -0.25) is 19.4 Å². The molecule has 184 valence electrons. The fourth-order valence-electron chi connectivity index (χ4n) is 4.27. The summed E-state index contributed by atoms with van der Waals surface area (Å²) in [6.45, 7) is 3.75. The lowest BCUT2D eigenvalue weighted by Crippen LogP contribution is -2.33. The predicted octanol–water partition coefficient (Wildman–Crippen LogP) is 3.35. The second kappa shape index (κ2) is 10.00. The van der Waals surface area contributed by atoms with Gasteiger partial charge in [-0.1, -0.05) is 12.1 Å². The second-order valence-electron chi connectivity index (χ2n) is 8.89. The number of phenols is 1. The van der Waals surface area contributed by atoms with E-state index in [1.165, 1.54) is 10.7 Å². The summed E-state index contributed by atoms with van der Waals surface area (Å²) in [6, 6.07) is 8.04. The normalized spacial score (nSPS) is 17.4. The Bertz CT molecular complexity index is 1250. The Balaban J connectivity index is 1.41. The highest BCUT2D eigenvalue weighted by molar-refractivity contribution is 6.03. The van der Waals surface area contributed by atoms with Crippen LogP contribution in [0.25, 0.3) is 11.3 Å². The fraction of sp³-hybridized carbons (Fsp3) is 0.375. The van der Waals surface area contributed by atoms with Crippen molar-refractivity contribution in [3.05, 3.63) is 47.3 Å². The third-order valence-corrected chi connectivity index (χ3v) is 5.93. The summed E-state index contributed by atoms with van der Waals surface area (Å²) in [4.78, 5) is 36.1. The Labute approximate surface area is 201 Å². The van der Waals surface area contributed by atoms with E-state index in [0.717, 1.165) is 18.5 Å². The molecule has 0 spiro atoms. The van der Waals surface area contributed by atoms with Gasteiger partial charge in [-0.15, -0.1) is 0 Å². The van der Waals surface area contributed by atoms with E-state index in [9.17, 15) is 19.5 Å². The third-order valence-electron chi connectivity index (χ3n) is 5.93. The van der Waals surface area contributed by atoms with Crippen LogP contribution in [0.15, 0.2) is 30.3 Å². The molecule has 1 aliphatic rings. The number of carbonyl (C=O) groups is 3. The van der Waals surface area contributed by atoms with Crippen LogP contribution in [0.1, 0.15) is 65.6 Å². The Hall–Kier alpha value is -4.15. The van der Waals surface area contributed by atoms with E-state index < -0.39 is 12.0 Å². The number of aldehydes is 1. The first-order valence-corrected chi connectivity index (χ1v) is 11.4. The monoisotopic (exact) mass is 480 g/mol. The van der Waals surface area contributed by atoms with E-state index in [0.29, 0.717) is 29.8 Å². The highest BCUT2D eigenvalue weighted by Gasteiger charge is 2.30. The molecule has 35 heavy (non-hydrogen) atoms. The first kappa shape index (κ1) is 24.0. The van der Waals surface area contributed by atoms with Crippen LogP contribution in [0.4, 0.5) is 10.6 Å². The van der Waals surface area contributed by atoms with Gasteiger partial charge < -0.3 is 20.5 Å². The number of aromatic amines is 1. The zero-order chi connectivity index (χ0) is 25.1. The van der Waals surface area contributed by atoms with Crippen molar-refractivity contribution < 1.29 is 24.2 Å². The SMILES string of the molecule is CC(C)NC(=O)OC1CCC(c2cc(NC(=O)c3cc(-c4cccc(O)c4C=O)n(C)n3)n[nH]2)C1. The van der Waals surface area contributed by atoms with E-state index in [1.807, 2.05) is 13.8 Å². The van der Waals surface area contributed by atoms with Gasteiger partial charge in [0.15, 0.2) is 17.8 Å². The van der Waals surface area contributed by atoms with Crippen molar-refractivity contribution in [2.45, 2.75) is 51.2 Å². The lowest BCUT2D eigenvalue weighted by Gasteiger charge is -2.14. The van der Waals surface area contributed by atoms with E-state index in [4.69, 9.17) is 4.74 Å². The van der Waals surface area contributed by atoms with Gasteiger partial charge in [-0.25, -0.2) is 4.79 Å². The van der Waals surface area contributed by atoms with Crippen LogP contribution < -0.4 is 10.6 Å². The molecular formula is C24H28N6O5. The molecule has 2 amide bonds. The van der Waals surface area contributed by atoms with Gasteiger partial charge in [0.2, 0.25) is 0 Å². The zero-order valence-electron chi connectivity index (χ0n) is 19.7. The van der Waals surface area contributed by atoms with Gasteiger partial charge in [-0.05, 0) is 45.2 Å². The highest BCUT2D eigenvalue weighted by atomic mass is 16.6. The van der Waals surface area contributed by atoms with E-state index in [1.54, 1.807) is 31.3 Å². The third kappa shape index (κ3) is 5.34. The number of rotatable bonds is 7. The quantitative estimate of drug-likeness (QED) is 0.379. The number of aromatic nitrogens is 4. The number of anilines is 1. The van der Waals surface area contributed by atoms with Crippen molar-refractivity contribution in [2.24, 2.45) is 7.05 Å². The van der Waals surface area contributed by atoms with Crippen LogP contribution >= 0.6 is 0 Å². The van der Waals surface area contributed by atoms with Crippen molar-refractivity contribution >= 4 is 24.1 Å². The van der Waals surface area contributed by atoms with E-state index in [-0.39, 0.29) is 35.1 Å². The summed E-state index contributed by atoms with van der Waals surface area (Å²) in [6.07, 6.45) is 2.25. The van der Waals surface area contributed by atoms with Gasteiger partial charge in [0.05, 0.1) is 11.3 Å². The number of nitrogens with zero attached hydrogens (tertiary/aromatic N) is 3. The standard InChI is InChI=1S/C24H28N6O5/c1-13(2)25-24(34)35-15-8-7-14(9-15)18-11-22(28-27-18)26-23(33)19-10-20(30(3)29-19)16-5-4-6-21(32)17(16)12-31/h4-6,10-15,32H,7-9H2,1-3H3,(H,25,34)(H2,26,27,28,33). The number of hydrogen-bond donors (Lipinski definition) is 4. The van der Waals surface area contributed by atoms with Crippen molar-refractivity contribution in [3.63, 3.8) is 0 Å². The first-order chi connectivity index (χ1) is 16.7. The van der Waals surface area contributed by atoms with Gasteiger partial charge in [0.25, 0.3) is 5.91 Å². The number of amides is 2. The molecule has 3 aromatic rings. The number of aryl methyl sites for hydroxylation is 1. The van der Waals surface area contributed by atoms with Gasteiger partial charge >= 0.3 is 6.09 Å². The molecule has 2 atom stereocenters. The van der Waals surface area contributed by atoms with Crippen LogP contribution in [0.5, 0.6) is 5.75 Å². The number of nitrogens with one attached hydrogen (secondary N) is 3. The predicted molar refractivity (Wildman–Crippen MR) is 127 cm³/mol. The molecule has 0 bridgehead atoms. The lowest BCUT2D eigenvalue weighted by molar-refractivity contribution is 0.0979. The molecule has 1 saturated carbocycles. The number of phenolic OH excluding ortho intramolecular Hbond substituents is 1. The molecular weight excluding hydrogens is 452 g/mol. The largest absolute Gasteiger partial charge is 0.507 e. The first-order valence-electron chi connectivity index (χ1n) is 11.4. The molecule has 1 aliphatic carbocycles. The molecule has 2 aromatic heterocycles. The number of H-pyrrole nitrogens is 1. The molecule has 2 unspecified atom stereocenters. The minimum Gasteiger partial charge on any atom is -0.507 e. The van der Waals surface area contributed by atoms with Crippen LogP contribution in [0.2, 0.25) is 0 Å². The number of alkyl carbamates (subject to hydrolysis) is 1. The molecule has 4 N–H and O–H groups in total. The summed E-state index contributed by atoms with van der Waals surface area (Å²) in [5.41, 5.74) is 2.09. The maximum Gasteiger partial charge on any atom is 0.407 e. The average molecular weight is 481 g/mol. The molecule has 0 aliphatic heterocycles. The molecule has 4 rings (SSSR count). The van der Waals surface area contributed by atoms with Crippen LogP contribution in [-0.4, -0.2) is 55.5 Å². The molecule has 11 nitrogen and oxygen atoms in total. The number of carbonyl (C=O) groups excluding carboxylic acids is 3. The second-order valence-corrected chi connectivity index (χ2v) is 8.89. The molecule has 2 heterocycles. The van der Waals surface area contributed by atoms with Crippen molar-refractivity contribution in [2.75, 3.05) is 5.32 Å². The summed E-state index contributed by atoms with van der Waals surface area (Å²) in [5.74, 6) is -0.117. The molecule has 0 radical (unpaired) electrons. The number of benzene rings is 1. The maximum atomic E-state index is 12.8. The molecule has 1 aromatic carbocycles. The number of ether oxygens (including phenoxy) is 1. The minimum atomic E-state index is -0.462. The van der Waals surface area contributed by atoms with E-state index >= 15 is 0 Å². The van der Waals surface area contributed by atoms with Gasteiger partial charge in [0, 0.05) is 36.3 Å². The van der Waals surface area contributed by atoms with Gasteiger partial charge in [0.1, 0.15) is 11.9 Å². The Morgan fingerprint density at radius 1 is 1.29 bits per heavy atom. The molecule has 1 fully saturated rings. The van der Waals surface area contributed by atoms with Crippen molar-refractivity contribution in [1.29, 1.82) is 0 Å².